The molecule has 0 saturated carbocycles. The first-order valence-corrected chi connectivity index (χ1v) is 6.01. The molecular weight excluding hydrogens is 222 g/mol. The van der Waals surface area contributed by atoms with Gasteiger partial charge in [-0.05, 0) is 24.1 Å². The molecule has 3 aromatic rings. The van der Waals surface area contributed by atoms with Crippen LogP contribution in [0.3, 0.4) is 0 Å². The normalized spacial score (nSPS) is 11.0. The molecular formula is C15H15N3. The Bertz CT molecular complexity index is 681. The molecule has 2 N–H and O–H groups in total. The van der Waals surface area contributed by atoms with Crippen LogP contribution in [0.1, 0.15) is 11.1 Å². The molecule has 1 aromatic carbocycles. The van der Waals surface area contributed by atoms with E-state index in [9.17, 15) is 0 Å². The van der Waals surface area contributed by atoms with Gasteiger partial charge in [0.1, 0.15) is 5.65 Å². The number of imidazole rings is 1. The van der Waals surface area contributed by atoms with Crippen molar-refractivity contribution >= 4 is 5.65 Å². The number of fused-ring (bicyclic) bond motifs is 1. The second-order valence-corrected chi connectivity index (χ2v) is 4.50. The van der Waals surface area contributed by atoms with Crippen molar-refractivity contribution in [3.63, 3.8) is 0 Å². The highest BCUT2D eigenvalue weighted by atomic mass is 15.0. The highest BCUT2D eigenvalue weighted by Gasteiger charge is 2.04. The topological polar surface area (TPSA) is 43.3 Å². The molecule has 2 aromatic heterocycles. The summed E-state index contributed by atoms with van der Waals surface area (Å²) in [5, 5.41) is 0. The Morgan fingerprint density at radius 3 is 2.56 bits per heavy atom. The van der Waals surface area contributed by atoms with E-state index in [4.69, 9.17) is 5.73 Å². The third kappa shape index (κ3) is 1.89. The van der Waals surface area contributed by atoms with Gasteiger partial charge in [0.2, 0.25) is 0 Å². The van der Waals surface area contributed by atoms with Crippen molar-refractivity contribution in [3.8, 4) is 11.3 Å². The molecule has 3 heteroatoms. The number of hydrogen-bond donors (Lipinski definition) is 1. The van der Waals surface area contributed by atoms with Crippen LogP contribution in [0.5, 0.6) is 0 Å². The Morgan fingerprint density at radius 1 is 1.06 bits per heavy atom. The van der Waals surface area contributed by atoms with Crippen molar-refractivity contribution < 1.29 is 0 Å². The second kappa shape index (κ2) is 4.27. The average molecular weight is 237 g/mol. The Balaban J connectivity index is 2.07. The summed E-state index contributed by atoms with van der Waals surface area (Å²) in [7, 11) is 0. The number of pyridine rings is 1. The quantitative estimate of drug-likeness (QED) is 0.744. The number of aromatic nitrogens is 2. The molecule has 0 fully saturated rings. The lowest BCUT2D eigenvalue weighted by molar-refractivity contribution is 1.07. The minimum absolute atomic E-state index is 0.574. The maximum Gasteiger partial charge on any atom is 0.137 e. The number of nitrogens with zero attached hydrogens (tertiary/aromatic N) is 2. The molecule has 90 valence electrons. The van der Waals surface area contributed by atoms with Gasteiger partial charge < -0.3 is 10.1 Å². The van der Waals surface area contributed by atoms with Gasteiger partial charge in [-0.3, -0.25) is 0 Å². The largest absolute Gasteiger partial charge is 0.326 e. The summed E-state index contributed by atoms with van der Waals surface area (Å²) >= 11 is 0. The molecule has 0 atom stereocenters. The van der Waals surface area contributed by atoms with Crippen molar-refractivity contribution in [1.29, 1.82) is 0 Å². The number of nitrogens with two attached hydrogens (primary N) is 1. The van der Waals surface area contributed by atoms with Crippen LogP contribution in [0, 0.1) is 6.92 Å². The van der Waals surface area contributed by atoms with Gasteiger partial charge in [-0.1, -0.05) is 30.3 Å². The van der Waals surface area contributed by atoms with Crippen LogP contribution in [0.25, 0.3) is 16.9 Å². The molecule has 3 rings (SSSR count). The third-order valence-corrected chi connectivity index (χ3v) is 3.08. The second-order valence-electron chi connectivity index (χ2n) is 4.50. The minimum atomic E-state index is 0.574. The van der Waals surface area contributed by atoms with Gasteiger partial charge in [0.25, 0.3) is 0 Å². The standard InChI is InChI=1S/C15H15N3/c1-11-2-7-15-17-14(10-18(15)9-11)13-5-3-12(8-16)4-6-13/h2-7,9-10H,8,16H2,1H3. The first kappa shape index (κ1) is 11.0. The van der Waals surface area contributed by atoms with Crippen LogP contribution in [-0.2, 0) is 6.54 Å². The average Bonchev–Trinajstić information content (AvgIpc) is 2.81. The van der Waals surface area contributed by atoms with Gasteiger partial charge >= 0.3 is 0 Å². The van der Waals surface area contributed by atoms with Crippen molar-refractivity contribution in [2.24, 2.45) is 5.73 Å². The summed E-state index contributed by atoms with van der Waals surface area (Å²) in [4.78, 5) is 4.61. The van der Waals surface area contributed by atoms with Crippen LogP contribution in [0.4, 0.5) is 0 Å². The lowest BCUT2D eigenvalue weighted by Gasteiger charge is -1.98. The van der Waals surface area contributed by atoms with Crippen molar-refractivity contribution in [2.75, 3.05) is 0 Å². The number of rotatable bonds is 2. The number of hydrogen-bond acceptors (Lipinski definition) is 2. The third-order valence-electron chi connectivity index (χ3n) is 3.08. The zero-order valence-corrected chi connectivity index (χ0v) is 10.3. The fourth-order valence-corrected chi connectivity index (χ4v) is 2.05. The molecule has 0 unspecified atom stereocenters. The first-order chi connectivity index (χ1) is 8.76. The van der Waals surface area contributed by atoms with Crippen molar-refractivity contribution in [1.82, 2.24) is 9.38 Å². The van der Waals surface area contributed by atoms with E-state index in [1.54, 1.807) is 0 Å². The minimum Gasteiger partial charge on any atom is -0.326 e. The zero-order valence-electron chi connectivity index (χ0n) is 10.3. The monoisotopic (exact) mass is 237 g/mol. The molecule has 2 heterocycles. The van der Waals surface area contributed by atoms with Gasteiger partial charge in [-0.15, -0.1) is 0 Å². The van der Waals surface area contributed by atoms with E-state index >= 15 is 0 Å². The van der Waals surface area contributed by atoms with Gasteiger partial charge in [-0.2, -0.15) is 0 Å². The van der Waals surface area contributed by atoms with Crippen LogP contribution in [-0.4, -0.2) is 9.38 Å². The van der Waals surface area contributed by atoms with Gasteiger partial charge in [0.15, 0.2) is 0 Å². The number of aryl methyl sites for hydroxylation is 1. The summed E-state index contributed by atoms with van der Waals surface area (Å²) in [6, 6.07) is 12.3. The molecule has 18 heavy (non-hydrogen) atoms. The van der Waals surface area contributed by atoms with Crippen LogP contribution in [0.15, 0.2) is 48.8 Å². The van der Waals surface area contributed by atoms with Crippen LogP contribution >= 0.6 is 0 Å². The molecule has 0 amide bonds. The maximum absolute atomic E-state index is 5.60. The first-order valence-electron chi connectivity index (χ1n) is 6.01. The van der Waals surface area contributed by atoms with E-state index in [0.717, 1.165) is 22.5 Å². The Kier molecular flexibility index (Phi) is 2.61. The SMILES string of the molecule is Cc1ccc2nc(-c3ccc(CN)cc3)cn2c1. The van der Waals surface area contributed by atoms with E-state index in [-0.39, 0.29) is 0 Å². The highest BCUT2D eigenvalue weighted by molar-refractivity contribution is 5.63. The summed E-state index contributed by atoms with van der Waals surface area (Å²) in [5.41, 5.74) is 11.0. The molecule has 0 aliphatic carbocycles. The summed E-state index contributed by atoms with van der Waals surface area (Å²) in [6.07, 6.45) is 4.14. The van der Waals surface area contributed by atoms with Crippen LogP contribution in [0.2, 0.25) is 0 Å². The predicted octanol–water partition coefficient (Wildman–Crippen LogP) is 2.77. The Hall–Kier alpha value is -2.13. The van der Waals surface area contributed by atoms with Crippen molar-refractivity contribution in [3.05, 3.63) is 59.9 Å². The lowest BCUT2D eigenvalue weighted by atomic mass is 10.1. The molecule has 0 aliphatic rings. The Morgan fingerprint density at radius 2 is 1.83 bits per heavy atom. The maximum atomic E-state index is 5.60. The Labute approximate surface area is 106 Å². The summed E-state index contributed by atoms with van der Waals surface area (Å²) < 4.78 is 2.06. The molecule has 3 nitrogen and oxygen atoms in total. The molecule has 0 spiro atoms. The molecule has 0 radical (unpaired) electrons. The molecule has 0 bridgehead atoms. The van der Waals surface area contributed by atoms with E-state index in [1.807, 2.05) is 18.2 Å². The number of benzene rings is 1. The highest BCUT2D eigenvalue weighted by Crippen LogP contribution is 2.20. The fraction of sp³-hybridized carbons (Fsp3) is 0.133. The van der Waals surface area contributed by atoms with E-state index < -0.39 is 0 Å². The summed E-state index contributed by atoms with van der Waals surface area (Å²) in [5.74, 6) is 0. The van der Waals surface area contributed by atoms with Crippen LogP contribution < -0.4 is 5.73 Å². The van der Waals surface area contributed by atoms with Gasteiger partial charge in [-0.25, -0.2) is 4.98 Å². The van der Waals surface area contributed by atoms with E-state index in [0.29, 0.717) is 6.54 Å². The predicted molar refractivity (Wildman–Crippen MR) is 73.3 cm³/mol. The fourth-order valence-electron chi connectivity index (χ4n) is 2.05. The van der Waals surface area contributed by atoms with E-state index in [2.05, 4.69) is 46.9 Å². The molecule has 0 aliphatic heterocycles. The van der Waals surface area contributed by atoms with Gasteiger partial charge in [0, 0.05) is 24.5 Å². The molecule has 0 saturated heterocycles. The zero-order chi connectivity index (χ0) is 12.5. The lowest BCUT2D eigenvalue weighted by Crippen LogP contribution is -1.95. The van der Waals surface area contributed by atoms with Gasteiger partial charge in [0.05, 0.1) is 5.69 Å². The smallest absolute Gasteiger partial charge is 0.137 e. The summed E-state index contributed by atoms with van der Waals surface area (Å²) in [6.45, 7) is 2.65. The van der Waals surface area contributed by atoms with E-state index in [1.165, 1.54) is 5.56 Å². The van der Waals surface area contributed by atoms with Crippen molar-refractivity contribution in [2.45, 2.75) is 13.5 Å².